The fourth-order valence-electron chi connectivity index (χ4n) is 2.42. The number of hydrogen-bond acceptors (Lipinski definition) is 3. The quantitative estimate of drug-likeness (QED) is 0.704. The molecule has 0 spiro atoms. The molecule has 0 saturated carbocycles. The van der Waals surface area contributed by atoms with Gasteiger partial charge in [0, 0.05) is 28.2 Å². The minimum Gasteiger partial charge on any atom is -0.338 e. The van der Waals surface area contributed by atoms with Gasteiger partial charge in [0.15, 0.2) is 0 Å². The predicted molar refractivity (Wildman–Crippen MR) is 86.5 cm³/mol. The van der Waals surface area contributed by atoms with Crippen molar-refractivity contribution in [2.24, 2.45) is 5.92 Å². The maximum atomic E-state index is 12.5. The van der Waals surface area contributed by atoms with Crippen LogP contribution in [0.3, 0.4) is 0 Å². The van der Waals surface area contributed by atoms with Gasteiger partial charge in [0.05, 0.1) is 10.6 Å². The molecular weight excluding hydrogens is 401 g/mol. The van der Waals surface area contributed by atoms with Gasteiger partial charge in [-0.25, -0.2) is 8.42 Å². The minimum absolute atomic E-state index is 0.127. The van der Waals surface area contributed by atoms with Gasteiger partial charge >= 0.3 is 0 Å². The van der Waals surface area contributed by atoms with E-state index in [1.807, 2.05) is 0 Å². The molecule has 0 aliphatic carbocycles. The second kappa shape index (κ2) is 6.44. The molecule has 0 bridgehead atoms. The highest BCUT2D eigenvalue weighted by atomic mass is 79.9. The average Bonchev–Trinajstić information content (AvgIpc) is 2.87. The van der Waals surface area contributed by atoms with Crippen LogP contribution < -0.4 is 0 Å². The molecule has 1 unspecified atom stereocenters. The Balaban J connectivity index is 2.41. The van der Waals surface area contributed by atoms with Crippen molar-refractivity contribution in [1.29, 1.82) is 0 Å². The summed E-state index contributed by atoms with van der Waals surface area (Å²) in [6, 6.07) is 2.82. The van der Waals surface area contributed by atoms with Crippen LogP contribution in [0.4, 0.5) is 0 Å². The Kier molecular flexibility index (Phi) is 5.23. The summed E-state index contributed by atoms with van der Waals surface area (Å²) in [5.74, 6) is 0.218. The molecule has 1 heterocycles. The molecule has 1 aromatic rings. The Labute approximate surface area is 142 Å². The van der Waals surface area contributed by atoms with Crippen LogP contribution in [0.2, 0.25) is 5.02 Å². The number of hydrogen-bond donors (Lipinski definition) is 0. The lowest BCUT2D eigenvalue weighted by molar-refractivity contribution is 0.0787. The predicted octanol–water partition coefficient (Wildman–Crippen LogP) is 3.90. The third-order valence-electron chi connectivity index (χ3n) is 3.65. The van der Waals surface area contributed by atoms with E-state index in [0.29, 0.717) is 23.5 Å². The number of carbonyl (C=O) groups excluding carboxylic acids is 1. The van der Waals surface area contributed by atoms with Crippen LogP contribution >= 0.6 is 38.2 Å². The molecule has 0 N–H and O–H groups in total. The van der Waals surface area contributed by atoms with Crippen molar-refractivity contribution in [3.8, 4) is 0 Å². The first kappa shape index (κ1) is 17.1. The van der Waals surface area contributed by atoms with E-state index in [-0.39, 0.29) is 21.4 Å². The molecule has 21 heavy (non-hydrogen) atoms. The first-order valence-electron chi connectivity index (χ1n) is 6.47. The molecule has 1 fully saturated rings. The van der Waals surface area contributed by atoms with Gasteiger partial charge in [-0.2, -0.15) is 0 Å². The van der Waals surface area contributed by atoms with E-state index < -0.39 is 9.05 Å². The molecule has 1 saturated heterocycles. The number of likely N-dealkylation sites (tertiary alicyclic amines) is 1. The van der Waals surface area contributed by atoms with Crippen LogP contribution in [0.15, 0.2) is 21.5 Å². The zero-order valence-electron chi connectivity index (χ0n) is 11.3. The summed E-state index contributed by atoms with van der Waals surface area (Å²) >= 11 is 9.27. The highest BCUT2D eigenvalue weighted by Crippen LogP contribution is 2.33. The molecule has 1 aromatic carbocycles. The average molecular weight is 415 g/mol. The number of amides is 1. The first-order valence-corrected chi connectivity index (χ1v) is 9.95. The first-order chi connectivity index (χ1) is 9.74. The molecule has 0 radical (unpaired) electrons. The van der Waals surface area contributed by atoms with Gasteiger partial charge < -0.3 is 4.90 Å². The van der Waals surface area contributed by atoms with Crippen molar-refractivity contribution in [2.45, 2.75) is 24.7 Å². The Hall–Kier alpha value is -0.300. The molecular formula is C13H14BrCl2NO3S. The lowest BCUT2D eigenvalue weighted by atomic mass is 10.1. The number of halogens is 3. The smallest absolute Gasteiger partial charge is 0.262 e. The summed E-state index contributed by atoms with van der Waals surface area (Å²) in [7, 11) is 1.35. The van der Waals surface area contributed by atoms with E-state index in [1.54, 1.807) is 4.90 Å². The molecule has 4 nitrogen and oxygen atoms in total. The van der Waals surface area contributed by atoms with Gasteiger partial charge in [0.25, 0.3) is 15.0 Å². The Bertz CT molecular complexity index is 678. The van der Waals surface area contributed by atoms with E-state index >= 15 is 0 Å². The number of carbonyl (C=O) groups is 1. The molecule has 0 aromatic heterocycles. The lowest BCUT2D eigenvalue weighted by Crippen LogP contribution is -2.29. The lowest BCUT2D eigenvalue weighted by Gasteiger charge is -2.18. The summed E-state index contributed by atoms with van der Waals surface area (Å²) in [5, 5.41) is -0.127. The van der Waals surface area contributed by atoms with Crippen LogP contribution in [0.5, 0.6) is 0 Å². The Morgan fingerprint density at radius 2 is 2.14 bits per heavy atom. The maximum absolute atomic E-state index is 12.5. The van der Waals surface area contributed by atoms with Crippen LogP contribution in [-0.4, -0.2) is 32.3 Å². The van der Waals surface area contributed by atoms with Gasteiger partial charge in [0.1, 0.15) is 4.90 Å². The number of benzene rings is 1. The van der Waals surface area contributed by atoms with Crippen molar-refractivity contribution < 1.29 is 13.2 Å². The fraction of sp³-hybridized carbons (Fsp3) is 0.462. The van der Waals surface area contributed by atoms with E-state index in [0.717, 1.165) is 12.8 Å². The molecule has 8 heteroatoms. The topological polar surface area (TPSA) is 54.5 Å². The Morgan fingerprint density at radius 1 is 1.48 bits per heavy atom. The van der Waals surface area contributed by atoms with Crippen molar-refractivity contribution in [2.75, 3.05) is 13.1 Å². The van der Waals surface area contributed by atoms with Crippen molar-refractivity contribution >= 4 is 53.2 Å². The third kappa shape index (κ3) is 3.73. The third-order valence-corrected chi connectivity index (χ3v) is 5.97. The normalized spacial score (nSPS) is 19.0. The Morgan fingerprint density at radius 3 is 2.67 bits per heavy atom. The second-order valence-corrected chi connectivity index (χ2v) is 8.85. The van der Waals surface area contributed by atoms with E-state index in [9.17, 15) is 13.2 Å². The van der Waals surface area contributed by atoms with Gasteiger partial charge in [-0.1, -0.05) is 40.9 Å². The molecule has 2 rings (SSSR count). The highest BCUT2D eigenvalue weighted by molar-refractivity contribution is 9.10. The number of nitrogens with zero attached hydrogens (tertiary/aromatic N) is 1. The van der Waals surface area contributed by atoms with E-state index in [4.69, 9.17) is 22.3 Å². The summed E-state index contributed by atoms with van der Waals surface area (Å²) < 4.78 is 23.5. The van der Waals surface area contributed by atoms with Gasteiger partial charge in [-0.15, -0.1) is 0 Å². The second-order valence-electron chi connectivity index (χ2n) is 5.02. The largest absolute Gasteiger partial charge is 0.338 e. The van der Waals surface area contributed by atoms with E-state index in [1.165, 1.54) is 12.1 Å². The summed E-state index contributed by atoms with van der Waals surface area (Å²) in [4.78, 5) is 14.0. The van der Waals surface area contributed by atoms with Crippen LogP contribution in [0.25, 0.3) is 0 Å². The monoisotopic (exact) mass is 413 g/mol. The maximum Gasteiger partial charge on any atom is 0.262 e. The standard InChI is InChI=1S/C13H14BrCl2NO3S/c1-2-8-3-4-17(7-8)13(18)10-5-9(14)6-11(12(10)15)21(16,19)20/h5-6,8H,2-4,7H2,1H3. The van der Waals surface area contributed by atoms with Crippen molar-refractivity contribution in [3.05, 3.63) is 27.2 Å². The van der Waals surface area contributed by atoms with Crippen molar-refractivity contribution in [1.82, 2.24) is 4.90 Å². The van der Waals surface area contributed by atoms with Gasteiger partial charge in [-0.3, -0.25) is 4.79 Å². The van der Waals surface area contributed by atoms with Gasteiger partial charge in [0.2, 0.25) is 0 Å². The summed E-state index contributed by atoms with van der Waals surface area (Å²) in [6.45, 7) is 3.41. The molecule has 1 atom stereocenters. The molecule has 1 aliphatic heterocycles. The zero-order chi connectivity index (χ0) is 15.8. The SMILES string of the molecule is CCC1CCN(C(=O)c2cc(Br)cc(S(=O)(=O)Cl)c2Cl)C1. The zero-order valence-corrected chi connectivity index (χ0v) is 15.2. The minimum atomic E-state index is -4.01. The van der Waals surface area contributed by atoms with E-state index in [2.05, 4.69) is 22.9 Å². The van der Waals surface area contributed by atoms with Gasteiger partial charge in [-0.05, 0) is 24.5 Å². The summed E-state index contributed by atoms with van der Waals surface area (Å²) in [5.41, 5.74) is 0.155. The fourth-order valence-corrected chi connectivity index (χ4v) is 4.60. The summed E-state index contributed by atoms with van der Waals surface area (Å²) in [6.07, 6.45) is 1.96. The molecule has 1 amide bonds. The van der Waals surface area contributed by atoms with Crippen molar-refractivity contribution in [3.63, 3.8) is 0 Å². The van der Waals surface area contributed by atoms with Crippen LogP contribution in [0.1, 0.15) is 30.1 Å². The molecule has 116 valence electrons. The molecule has 1 aliphatic rings. The van der Waals surface area contributed by atoms with Crippen LogP contribution in [-0.2, 0) is 9.05 Å². The highest BCUT2D eigenvalue weighted by Gasteiger charge is 2.29. The van der Waals surface area contributed by atoms with Crippen LogP contribution in [0, 0.1) is 5.92 Å². The number of rotatable bonds is 3.